The Bertz CT molecular complexity index is 372. The summed E-state index contributed by atoms with van der Waals surface area (Å²) in [4.78, 5) is 0. The second-order valence-corrected chi connectivity index (χ2v) is 4.40. The van der Waals surface area contributed by atoms with Crippen LogP contribution in [0.3, 0.4) is 0 Å². The van der Waals surface area contributed by atoms with Crippen molar-refractivity contribution in [3.63, 3.8) is 0 Å². The maximum absolute atomic E-state index is 13.7. The van der Waals surface area contributed by atoms with Crippen LogP contribution in [0.15, 0.2) is 18.2 Å². The molecule has 0 bridgehead atoms. The molecule has 0 amide bonds. The molecule has 1 aromatic carbocycles. The van der Waals surface area contributed by atoms with Gasteiger partial charge in [-0.05, 0) is 31.0 Å². The SMILES string of the molecule is COCCOCCOc1ccc(CC(C)N)cc1F. The van der Waals surface area contributed by atoms with E-state index in [0.29, 0.717) is 32.8 Å². The molecule has 1 unspecified atom stereocenters. The second-order valence-electron chi connectivity index (χ2n) is 4.40. The van der Waals surface area contributed by atoms with Gasteiger partial charge in [-0.25, -0.2) is 4.39 Å². The molecule has 0 aromatic heterocycles. The van der Waals surface area contributed by atoms with Crippen molar-refractivity contribution in [3.05, 3.63) is 29.6 Å². The van der Waals surface area contributed by atoms with E-state index < -0.39 is 0 Å². The molecule has 108 valence electrons. The van der Waals surface area contributed by atoms with Gasteiger partial charge in [0.15, 0.2) is 11.6 Å². The van der Waals surface area contributed by atoms with Crippen LogP contribution in [0, 0.1) is 5.82 Å². The fraction of sp³-hybridized carbons (Fsp3) is 0.571. The van der Waals surface area contributed by atoms with Gasteiger partial charge in [-0.3, -0.25) is 0 Å². The standard InChI is InChI=1S/C14H22FNO3/c1-11(16)9-12-3-4-14(13(15)10-12)19-8-7-18-6-5-17-2/h3-4,10-11H,5-9,16H2,1-2H3. The van der Waals surface area contributed by atoms with Gasteiger partial charge in [0, 0.05) is 13.2 Å². The quantitative estimate of drug-likeness (QED) is 0.695. The minimum atomic E-state index is -0.366. The highest BCUT2D eigenvalue weighted by molar-refractivity contribution is 5.29. The van der Waals surface area contributed by atoms with Gasteiger partial charge >= 0.3 is 0 Å². The summed E-state index contributed by atoms with van der Waals surface area (Å²) in [7, 11) is 1.61. The topological polar surface area (TPSA) is 53.7 Å². The van der Waals surface area contributed by atoms with E-state index in [2.05, 4.69) is 0 Å². The lowest BCUT2D eigenvalue weighted by atomic mass is 10.1. The Kier molecular flexibility index (Phi) is 7.40. The number of ether oxygens (including phenoxy) is 3. The molecule has 0 aliphatic rings. The number of nitrogens with two attached hydrogens (primary N) is 1. The molecule has 1 atom stereocenters. The van der Waals surface area contributed by atoms with Crippen LogP contribution < -0.4 is 10.5 Å². The summed E-state index contributed by atoms with van der Waals surface area (Å²) in [5.41, 5.74) is 6.54. The van der Waals surface area contributed by atoms with Crippen molar-refractivity contribution in [3.8, 4) is 5.75 Å². The molecule has 0 aliphatic carbocycles. The summed E-state index contributed by atoms with van der Waals surface area (Å²) in [5.74, 6) is -0.126. The number of hydrogen-bond acceptors (Lipinski definition) is 4. The van der Waals surface area contributed by atoms with Crippen molar-refractivity contribution in [1.82, 2.24) is 0 Å². The van der Waals surface area contributed by atoms with E-state index in [4.69, 9.17) is 19.9 Å². The molecule has 1 aromatic rings. The minimum Gasteiger partial charge on any atom is -0.488 e. The Labute approximate surface area is 113 Å². The summed E-state index contributed by atoms with van der Waals surface area (Å²) in [5, 5.41) is 0. The lowest BCUT2D eigenvalue weighted by Gasteiger charge is -2.10. The first kappa shape index (κ1) is 15.9. The Hall–Kier alpha value is -1.17. The predicted octanol–water partition coefficient (Wildman–Crippen LogP) is 1.76. The first-order valence-corrected chi connectivity index (χ1v) is 6.37. The largest absolute Gasteiger partial charge is 0.488 e. The zero-order valence-electron chi connectivity index (χ0n) is 11.5. The predicted molar refractivity (Wildman–Crippen MR) is 71.9 cm³/mol. The molecule has 0 radical (unpaired) electrons. The van der Waals surface area contributed by atoms with E-state index in [1.54, 1.807) is 13.2 Å². The lowest BCUT2D eigenvalue weighted by Crippen LogP contribution is -2.17. The van der Waals surface area contributed by atoms with Crippen molar-refractivity contribution < 1.29 is 18.6 Å². The molecule has 5 heteroatoms. The van der Waals surface area contributed by atoms with Crippen LogP contribution in [0.4, 0.5) is 4.39 Å². The molecule has 0 spiro atoms. The number of halogens is 1. The first-order chi connectivity index (χ1) is 9.13. The second kappa shape index (κ2) is 8.85. The van der Waals surface area contributed by atoms with E-state index >= 15 is 0 Å². The summed E-state index contributed by atoms with van der Waals surface area (Å²) in [6.45, 7) is 3.66. The van der Waals surface area contributed by atoms with Gasteiger partial charge in [0.1, 0.15) is 6.61 Å². The zero-order valence-corrected chi connectivity index (χ0v) is 11.5. The molecule has 2 N–H and O–H groups in total. The van der Waals surface area contributed by atoms with E-state index in [1.165, 1.54) is 6.07 Å². The van der Waals surface area contributed by atoms with Crippen LogP contribution in [0.1, 0.15) is 12.5 Å². The van der Waals surface area contributed by atoms with Gasteiger partial charge in [-0.2, -0.15) is 0 Å². The van der Waals surface area contributed by atoms with Gasteiger partial charge in [0.2, 0.25) is 0 Å². The number of rotatable bonds is 9. The van der Waals surface area contributed by atoms with Gasteiger partial charge in [-0.15, -0.1) is 0 Å². The summed E-state index contributed by atoms with van der Waals surface area (Å²) >= 11 is 0. The first-order valence-electron chi connectivity index (χ1n) is 6.37. The molecule has 0 aliphatic heterocycles. The van der Waals surface area contributed by atoms with Crippen molar-refractivity contribution in [2.45, 2.75) is 19.4 Å². The maximum atomic E-state index is 13.7. The third-order valence-electron chi connectivity index (χ3n) is 2.47. The summed E-state index contributed by atoms with van der Waals surface area (Å²) in [6, 6.07) is 4.93. The smallest absolute Gasteiger partial charge is 0.165 e. The third kappa shape index (κ3) is 6.52. The highest BCUT2D eigenvalue weighted by atomic mass is 19.1. The van der Waals surface area contributed by atoms with Crippen molar-refractivity contribution in [2.24, 2.45) is 5.73 Å². The van der Waals surface area contributed by atoms with Gasteiger partial charge < -0.3 is 19.9 Å². The highest BCUT2D eigenvalue weighted by Gasteiger charge is 2.06. The van der Waals surface area contributed by atoms with Crippen LogP contribution in [0.25, 0.3) is 0 Å². The number of methoxy groups -OCH3 is 1. The van der Waals surface area contributed by atoms with Crippen LogP contribution in [0.5, 0.6) is 5.75 Å². The van der Waals surface area contributed by atoms with Gasteiger partial charge in [0.05, 0.1) is 19.8 Å². The molecule has 4 nitrogen and oxygen atoms in total. The average Bonchev–Trinajstić information content (AvgIpc) is 2.35. The maximum Gasteiger partial charge on any atom is 0.165 e. The Morgan fingerprint density at radius 2 is 1.95 bits per heavy atom. The lowest BCUT2D eigenvalue weighted by molar-refractivity contribution is 0.0538. The molecule has 0 saturated carbocycles. The van der Waals surface area contributed by atoms with Gasteiger partial charge in [0.25, 0.3) is 0 Å². The zero-order chi connectivity index (χ0) is 14.1. The minimum absolute atomic E-state index is 0.0142. The fourth-order valence-corrected chi connectivity index (χ4v) is 1.62. The van der Waals surface area contributed by atoms with Crippen molar-refractivity contribution >= 4 is 0 Å². The van der Waals surface area contributed by atoms with Gasteiger partial charge in [-0.1, -0.05) is 6.07 Å². The molecule has 1 rings (SSSR count). The summed E-state index contributed by atoms with van der Waals surface area (Å²) in [6.07, 6.45) is 0.650. The Morgan fingerprint density at radius 3 is 2.58 bits per heavy atom. The van der Waals surface area contributed by atoms with E-state index in [0.717, 1.165) is 5.56 Å². The molecule has 0 saturated heterocycles. The molecular weight excluding hydrogens is 249 g/mol. The van der Waals surface area contributed by atoms with Crippen LogP contribution >= 0.6 is 0 Å². The van der Waals surface area contributed by atoms with E-state index in [1.807, 2.05) is 13.0 Å². The highest BCUT2D eigenvalue weighted by Crippen LogP contribution is 2.18. The normalized spacial score (nSPS) is 12.4. The number of benzene rings is 1. The monoisotopic (exact) mass is 271 g/mol. The molecule has 0 heterocycles. The van der Waals surface area contributed by atoms with Crippen molar-refractivity contribution in [1.29, 1.82) is 0 Å². The molecule has 0 fully saturated rings. The van der Waals surface area contributed by atoms with Crippen LogP contribution in [-0.4, -0.2) is 39.6 Å². The molecule has 19 heavy (non-hydrogen) atoms. The third-order valence-corrected chi connectivity index (χ3v) is 2.47. The average molecular weight is 271 g/mol. The van der Waals surface area contributed by atoms with Crippen molar-refractivity contribution in [2.75, 3.05) is 33.5 Å². The fourth-order valence-electron chi connectivity index (χ4n) is 1.62. The van der Waals surface area contributed by atoms with E-state index in [9.17, 15) is 4.39 Å². The Morgan fingerprint density at radius 1 is 1.21 bits per heavy atom. The number of hydrogen-bond donors (Lipinski definition) is 1. The Balaban J connectivity index is 2.34. The summed E-state index contributed by atoms with van der Waals surface area (Å²) < 4.78 is 29.1. The molecular formula is C14H22FNO3. The van der Waals surface area contributed by atoms with E-state index in [-0.39, 0.29) is 17.6 Å². The van der Waals surface area contributed by atoms with Crippen LogP contribution in [0.2, 0.25) is 0 Å². The van der Waals surface area contributed by atoms with Crippen LogP contribution in [-0.2, 0) is 15.9 Å².